The number of halogens is 1. The molecule has 0 unspecified atom stereocenters. The Balaban J connectivity index is 2.45. The molecule has 0 bridgehead atoms. The number of imide groups is 1. The van der Waals surface area contributed by atoms with Crippen LogP contribution in [0.3, 0.4) is 0 Å². The Morgan fingerprint density at radius 3 is 2.78 bits per heavy atom. The zero-order valence-electron chi connectivity index (χ0n) is 9.83. The molecule has 0 atom stereocenters. The summed E-state index contributed by atoms with van der Waals surface area (Å²) >= 11 is 7.20. The minimum absolute atomic E-state index is 0.112. The second-order valence-corrected chi connectivity index (χ2v) is 4.81. The predicted molar refractivity (Wildman–Crippen MR) is 73.8 cm³/mol. The molecule has 0 aliphatic heterocycles. The fourth-order valence-corrected chi connectivity index (χ4v) is 2.22. The largest absolute Gasteiger partial charge is 0.399 e. The van der Waals surface area contributed by atoms with Gasteiger partial charge in [0.1, 0.15) is 0 Å². The monoisotopic (exact) mass is 287 g/mol. The van der Waals surface area contributed by atoms with Gasteiger partial charge in [-0.3, -0.25) is 10.1 Å². The Morgan fingerprint density at radius 1 is 1.44 bits per heavy atom. The number of urea groups is 1. The maximum atomic E-state index is 11.4. The number of hydrogen-bond donors (Lipinski definition) is 3. The molecule has 1 aromatic rings. The smallest absolute Gasteiger partial charge is 0.321 e. The van der Waals surface area contributed by atoms with Gasteiger partial charge in [0, 0.05) is 17.1 Å². The first-order valence-corrected chi connectivity index (χ1v) is 6.64. The number of nitrogens with two attached hydrogens (primary N) is 1. The van der Waals surface area contributed by atoms with Crippen molar-refractivity contribution in [3.63, 3.8) is 0 Å². The van der Waals surface area contributed by atoms with Gasteiger partial charge < -0.3 is 11.1 Å². The standard InChI is InChI=1S/C11H14ClN3O2S/c1-2-14-11(17)15-10(16)6-18-9-4-3-7(13)5-8(9)12/h3-5H,2,6,13H2,1H3,(H2,14,15,16,17). The third-order valence-corrected chi connectivity index (χ3v) is 3.40. The lowest BCUT2D eigenvalue weighted by Crippen LogP contribution is -2.40. The predicted octanol–water partition coefficient (Wildman–Crippen LogP) is 1.86. The van der Waals surface area contributed by atoms with Crippen molar-refractivity contribution in [2.24, 2.45) is 0 Å². The summed E-state index contributed by atoms with van der Waals surface area (Å²) in [6, 6.07) is 4.56. The first-order chi connectivity index (χ1) is 8.52. The van der Waals surface area contributed by atoms with Crippen molar-refractivity contribution in [2.45, 2.75) is 11.8 Å². The summed E-state index contributed by atoms with van der Waals surface area (Å²) < 4.78 is 0. The minimum Gasteiger partial charge on any atom is -0.399 e. The van der Waals surface area contributed by atoms with Gasteiger partial charge in [-0.05, 0) is 25.1 Å². The van der Waals surface area contributed by atoms with E-state index in [-0.39, 0.29) is 11.7 Å². The fraction of sp³-hybridized carbons (Fsp3) is 0.273. The summed E-state index contributed by atoms with van der Waals surface area (Å²) in [5, 5.41) is 5.17. The molecule has 0 spiro atoms. The van der Waals surface area contributed by atoms with Crippen molar-refractivity contribution in [3.8, 4) is 0 Å². The van der Waals surface area contributed by atoms with Gasteiger partial charge in [-0.2, -0.15) is 0 Å². The Kier molecular flexibility index (Phi) is 5.80. The lowest BCUT2D eigenvalue weighted by Gasteiger charge is -2.06. The van der Waals surface area contributed by atoms with Crippen LogP contribution in [-0.2, 0) is 4.79 Å². The first kappa shape index (κ1) is 14.7. The lowest BCUT2D eigenvalue weighted by atomic mass is 10.3. The van der Waals surface area contributed by atoms with E-state index in [4.69, 9.17) is 17.3 Å². The highest BCUT2D eigenvalue weighted by Crippen LogP contribution is 2.28. The number of nitrogen functional groups attached to an aromatic ring is 1. The summed E-state index contributed by atoms with van der Waals surface area (Å²) in [5.74, 6) is -0.264. The average molecular weight is 288 g/mol. The summed E-state index contributed by atoms with van der Waals surface area (Å²) in [6.07, 6.45) is 0. The molecule has 0 fully saturated rings. The van der Waals surface area contributed by atoms with Gasteiger partial charge in [-0.1, -0.05) is 11.6 Å². The van der Waals surface area contributed by atoms with Crippen LogP contribution in [-0.4, -0.2) is 24.2 Å². The molecule has 0 radical (unpaired) electrons. The number of carbonyl (C=O) groups is 2. The molecule has 98 valence electrons. The molecule has 0 saturated carbocycles. The van der Waals surface area contributed by atoms with Gasteiger partial charge in [-0.15, -0.1) is 11.8 Å². The Morgan fingerprint density at radius 2 is 2.17 bits per heavy atom. The molecule has 0 heterocycles. The molecule has 18 heavy (non-hydrogen) atoms. The number of thioether (sulfide) groups is 1. The SMILES string of the molecule is CCNC(=O)NC(=O)CSc1ccc(N)cc1Cl. The van der Waals surface area contributed by atoms with Crippen molar-refractivity contribution < 1.29 is 9.59 Å². The highest BCUT2D eigenvalue weighted by molar-refractivity contribution is 8.00. The maximum absolute atomic E-state index is 11.4. The maximum Gasteiger partial charge on any atom is 0.321 e. The molecular weight excluding hydrogens is 274 g/mol. The molecule has 7 heteroatoms. The second-order valence-electron chi connectivity index (χ2n) is 3.39. The van der Waals surface area contributed by atoms with Crippen molar-refractivity contribution in [1.29, 1.82) is 0 Å². The van der Waals surface area contributed by atoms with Gasteiger partial charge in [0.2, 0.25) is 5.91 Å². The number of rotatable bonds is 4. The van der Waals surface area contributed by atoms with Crippen LogP contribution >= 0.6 is 23.4 Å². The van der Waals surface area contributed by atoms with E-state index in [1.54, 1.807) is 25.1 Å². The highest BCUT2D eigenvalue weighted by Gasteiger charge is 2.08. The van der Waals surface area contributed by atoms with E-state index >= 15 is 0 Å². The highest BCUT2D eigenvalue weighted by atomic mass is 35.5. The van der Waals surface area contributed by atoms with Crippen LogP contribution < -0.4 is 16.4 Å². The third-order valence-electron chi connectivity index (χ3n) is 1.90. The van der Waals surface area contributed by atoms with Crippen LogP contribution in [0, 0.1) is 0 Å². The number of hydrogen-bond acceptors (Lipinski definition) is 4. The van der Waals surface area contributed by atoms with Crippen molar-refractivity contribution in [1.82, 2.24) is 10.6 Å². The normalized spacial score (nSPS) is 9.89. The van der Waals surface area contributed by atoms with Gasteiger partial charge in [-0.25, -0.2) is 4.79 Å². The molecule has 3 amide bonds. The number of anilines is 1. The average Bonchev–Trinajstić information content (AvgIpc) is 2.28. The van der Waals surface area contributed by atoms with Crippen molar-refractivity contribution in [3.05, 3.63) is 23.2 Å². The third kappa shape index (κ3) is 4.85. The van der Waals surface area contributed by atoms with Gasteiger partial charge >= 0.3 is 6.03 Å². The molecule has 1 aromatic carbocycles. The molecule has 0 aliphatic rings. The van der Waals surface area contributed by atoms with Crippen LogP contribution in [0.25, 0.3) is 0 Å². The second kappa shape index (κ2) is 7.13. The van der Waals surface area contributed by atoms with Gasteiger partial charge in [0.25, 0.3) is 0 Å². The first-order valence-electron chi connectivity index (χ1n) is 5.28. The summed E-state index contributed by atoms with van der Waals surface area (Å²) in [7, 11) is 0. The van der Waals surface area contributed by atoms with Crippen LogP contribution in [0.2, 0.25) is 5.02 Å². The zero-order chi connectivity index (χ0) is 13.5. The van der Waals surface area contributed by atoms with E-state index in [1.807, 2.05) is 0 Å². The Labute approximate surface area is 114 Å². The Hall–Kier alpha value is -1.40. The zero-order valence-corrected chi connectivity index (χ0v) is 11.4. The molecule has 0 saturated heterocycles. The number of benzene rings is 1. The fourth-order valence-electron chi connectivity index (χ4n) is 1.14. The number of carbonyl (C=O) groups excluding carboxylic acids is 2. The summed E-state index contributed by atoms with van der Waals surface area (Å²) in [4.78, 5) is 23.2. The molecule has 4 N–H and O–H groups in total. The topological polar surface area (TPSA) is 84.2 Å². The van der Waals surface area contributed by atoms with Crippen molar-refractivity contribution in [2.75, 3.05) is 18.0 Å². The van der Waals surface area contributed by atoms with E-state index in [1.165, 1.54) is 11.8 Å². The minimum atomic E-state index is -0.494. The van der Waals surface area contributed by atoms with Gasteiger partial charge in [0.15, 0.2) is 0 Å². The van der Waals surface area contributed by atoms with E-state index in [0.29, 0.717) is 17.3 Å². The van der Waals surface area contributed by atoms with E-state index < -0.39 is 6.03 Å². The van der Waals surface area contributed by atoms with E-state index in [0.717, 1.165) is 4.90 Å². The molecule has 0 aromatic heterocycles. The van der Waals surface area contributed by atoms with Crippen LogP contribution in [0.1, 0.15) is 6.92 Å². The van der Waals surface area contributed by atoms with Crippen LogP contribution in [0.5, 0.6) is 0 Å². The number of nitrogens with one attached hydrogen (secondary N) is 2. The van der Waals surface area contributed by atoms with Crippen LogP contribution in [0.4, 0.5) is 10.5 Å². The molecule has 5 nitrogen and oxygen atoms in total. The van der Waals surface area contributed by atoms with E-state index in [9.17, 15) is 9.59 Å². The molecule has 0 aliphatic carbocycles. The summed E-state index contributed by atoms with van der Waals surface area (Å²) in [5.41, 5.74) is 6.12. The molecule has 1 rings (SSSR count). The van der Waals surface area contributed by atoms with Crippen molar-refractivity contribution >= 4 is 41.0 Å². The molecular formula is C11H14ClN3O2S. The summed E-state index contributed by atoms with van der Waals surface area (Å²) in [6.45, 7) is 2.24. The number of amides is 3. The Bertz CT molecular complexity index is 454. The van der Waals surface area contributed by atoms with E-state index in [2.05, 4.69) is 10.6 Å². The van der Waals surface area contributed by atoms with Crippen LogP contribution in [0.15, 0.2) is 23.1 Å². The lowest BCUT2D eigenvalue weighted by molar-refractivity contribution is -0.117. The van der Waals surface area contributed by atoms with Gasteiger partial charge in [0.05, 0.1) is 10.8 Å². The quantitative estimate of drug-likeness (QED) is 0.583.